The number of hydrogen-bond acceptors (Lipinski definition) is 3. The van der Waals surface area contributed by atoms with E-state index in [0.29, 0.717) is 12.7 Å². The van der Waals surface area contributed by atoms with Gasteiger partial charge in [-0.05, 0) is 30.2 Å². The van der Waals surface area contributed by atoms with Crippen molar-refractivity contribution in [1.82, 2.24) is 0 Å². The molecule has 1 aliphatic heterocycles. The Balaban J connectivity index is 1.77. The summed E-state index contributed by atoms with van der Waals surface area (Å²) >= 11 is 0. The monoisotopic (exact) mass is 253 g/mol. The summed E-state index contributed by atoms with van der Waals surface area (Å²) in [6, 6.07) is 17.8. The minimum atomic E-state index is 0.0277. The van der Waals surface area contributed by atoms with Gasteiger partial charge >= 0.3 is 6.08 Å². The molecule has 0 radical (unpaired) electrons. The van der Waals surface area contributed by atoms with Gasteiger partial charge in [0.2, 0.25) is 0 Å². The first kappa shape index (κ1) is 11.8. The van der Waals surface area contributed by atoms with Crippen LogP contribution in [0.25, 0.3) is 0 Å². The Bertz CT molecular complexity index is 593. The molecule has 0 amide bonds. The molecule has 19 heavy (non-hydrogen) atoms. The number of ether oxygens (including phenoxy) is 2. The van der Waals surface area contributed by atoms with Gasteiger partial charge in [0.05, 0.1) is 0 Å². The first-order chi connectivity index (χ1) is 9.33. The quantitative estimate of drug-likeness (QED) is 0.820. The lowest BCUT2D eigenvalue weighted by molar-refractivity contribution is 0.258. The van der Waals surface area contributed by atoms with Crippen LogP contribution in [-0.4, -0.2) is 12.7 Å². The van der Waals surface area contributed by atoms with E-state index in [9.17, 15) is 0 Å². The Hall–Kier alpha value is -2.29. The van der Waals surface area contributed by atoms with Crippen LogP contribution in [0.5, 0.6) is 5.75 Å². The summed E-state index contributed by atoms with van der Waals surface area (Å²) in [7, 11) is 0. The Labute approximate surface area is 112 Å². The van der Waals surface area contributed by atoms with E-state index in [1.807, 2.05) is 42.5 Å². The van der Waals surface area contributed by atoms with Crippen molar-refractivity contribution in [1.29, 1.82) is 0 Å². The molecule has 0 bridgehead atoms. The maximum absolute atomic E-state index is 5.59. The van der Waals surface area contributed by atoms with Crippen molar-refractivity contribution in [3.8, 4) is 5.75 Å². The lowest BCUT2D eigenvalue weighted by atomic mass is 10.0. The summed E-state index contributed by atoms with van der Waals surface area (Å²) in [6.45, 7) is 2.62. The van der Waals surface area contributed by atoms with Crippen molar-refractivity contribution >= 4 is 6.08 Å². The molecule has 0 N–H and O–H groups in total. The number of aliphatic imine (C=N–C) groups is 1. The first-order valence-electron chi connectivity index (χ1n) is 6.32. The second-order valence-electron chi connectivity index (χ2n) is 4.49. The van der Waals surface area contributed by atoms with E-state index in [2.05, 4.69) is 24.0 Å². The summed E-state index contributed by atoms with van der Waals surface area (Å²) in [4.78, 5) is 4.49. The zero-order valence-corrected chi connectivity index (χ0v) is 10.7. The highest BCUT2D eigenvalue weighted by Crippen LogP contribution is 2.26. The topological polar surface area (TPSA) is 30.8 Å². The highest BCUT2D eigenvalue weighted by Gasteiger charge is 2.23. The van der Waals surface area contributed by atoms with E-state index in [4.69, 9.17) is 9.47 Å². The van der Waals surface area contributed by atoms with Crippen LogP contribution in [0, 0.1) is 6.92 Å². The molecule has 1 unspecified atom stereocenters. The second kappa shape index (κ2) is 5.14. The van der Waals surface area contributed by atoms with Crippen molar-refractivity contribution in [2.24, 2.45) is 4.99 Å². The maximum Gasteiger partial charge on any atom is 0.389 e. The molecule has 96 valence electrons. The minimum Gasteiger partial charge on any atom is -0.448 e. The van der Waals surface area contributed by atoms with Gasteiger partial charge < -0.3 is 9.47 Å². The lowest BCUT2D eigenvalue weighted by Crippen LogP contribution is -2.07. The van der Waals surface area contributed by atoms with Gasteiger partial charge in [0, 0.05) is 0 Å². The number of hydrogen-bond donors (Lipinski definition) is 0. The normalized spacial score (nSPS) is 17.7. The van der Waals surface area contributed by atoms with Crippen LogP contribution in [0.15, 0.2) is 59.6 Å². The molecule has 0 aliphatic carbocycles. The van der Waals surface area contributed by atoms with Gasteiger partial charge in [-0.15, -0.1) is 0 Å². The van der Waals surface area contributed by atoms with Crippen LogP contribution in [0.2, 0.25) is 0 Å². The lowest BCUT2D eigenvalue weighted by Gasteiger charge is -2.07. The van der Waals surface area contributed by atoms with E-state index < -0.39 is 0 Å². The summed E-state index contributed by atoms with van der Waals surface area (Å²) in [5, 5.41) is 0. The summed E-state index contributed by atoms with van der Waals surface area (Å²) in [6.07, 6.45) is 0.347. The molecule has 0 spiro atoms. The molecule has 3 heteroatoms. The smallest absolute Gasteiger partial charge is 0.389 e. The molecule has 2 aromatic rings. The predicted octanol–water partition coefficient (Wildman–Crippen LogP) is 3.50. The van der Waals surface area contributed by atoms with Crippen LogP contribution in [-0.2, 0) is 4.74 Å². The van der Waals surface area contributed by atoms with E-state index in [1.165, 1.54) is 11.1 Å². The fourth-order valence-electron chi connectivity index (χ4n) is 2.12. The largest absolute Gasteiger partial charge is 0.448 e. The molecular weight excluding hydrogens is 238 g/mol. The number of aryl methyl sites for hydroxylation is 1. The van der Waals surface area contributed by atoms with E-state index in [1.54, 1.807) is 0 Å². The fourth-order valence-corrected chi connectivity index (χ4v) is 2.12. The van der Waals surface area contributed by atoms with E-state index >= 15 is 0 Å². The van der Waals surface area contributed by atoms with Gasteiger partial charge in [-0.2, -0.15) is 0 Å². The Morgan fingerprint density at radius 1 is 1.05 bits per heavy atom. The Morgan fingerprint density at radius 3 is 2.58 bits per heavy atom. The van der Waals surface area contributed by atoms with Crippen LogP contribution in [0.4, 0.5) is 0 Å². The van der Waals surface area contributed by atoms with Crippen LogP contribution in [0.3, 0.4) is 0 Å². The molecule has 0 fully saturated rings. The fraction of sp³-hybridized carbons (Fsp3) is 0.188. The molecule has 0 saturated carbocycles. The van der Waals surface area contributed by atoms with E-state index in [-0.39, 0.29) is 6.04 Å². The molecular formula is C16H15NO2. The Kier molecular flexibility index (Phi) is 3.19. The number of rotatable bonds is 2. The molecule has 1 aliphatic rings. The van der Waals surface area contributed by atoms with Gasteiger partial charge in [0.25, 0.3) is 0 Å². The second-order valence-corrected chi connectivity index (χ2v) is 4.49. The molecule has 2 aromatic carbocycles. The standard InChI is InChI=1S/C16H15NO2/c1-12-7-5-6-10-14(12)15-11-18-16(17-15)19-13-8-3-2-4-9-13/h2-10,15H,11H2,1H3. The van der Waals surface area contributed by atoms with Crippen molar-refractivity contribution in [2.45, 2.75) is 13.0 Å². The SMILES string of the molecule is Cc1ccccc1C1COC(Oc2ccccc2)=N1. The molecule has 1 atom stereocenters. The summed E-state index contributed by atoms with van der Waals surface area (Å²) in [5.74, 6) is 0.742. The zero-order valence-electron chi connectivity index (χ0n) is 10.7. The zero-order chi connectivity index (χ0) is 13.1. The van der Waals surface area contributed by atoms with Gasteiger partial charge in [0.1, 0.15) is 18.4 Å². The molecule has 3 nitrogen and oxygen atoms in total. The molecule has 0 saturated heterocycles. The molecule has 3 rings (SSSR count). The highest BCUT2D eigenvalue weighted by molar-refractivity contribution is 5.72. The number of nitrogens with zero attached hydrogens (tertiary/aromatic N) is 1. The third-order valence-corrected chi connectivity index (χ3v) is 3.12. The van der Waals surface area contributed by atoms with Crippen LogP contribution < -0.4 is 4.74 Å². The van der Waals surface area contributed by atoms with Crippen molar-refractivity contribution in [3.05, 3.63) is 65.7 Å². The minimum absolute atomic E-state index is 0.0277. The molecule has 1 heterocycles. The van der Waals surface area contributed by atoms with Crippen molar-refractivity contribution < 1.29 is 9.47 Å². The predicted molar refractivity (Wildman–Crippen MR) is 74.4 cm³/mol. The van der Waals surface area contributed by atoms with Gasteiger partial charge in [-0.3, -0.25) is 0 Å². The van der Waals surface area contributed by atoms with Crippen molar-refractivity contribution in [2.75, 3.05) is 6.61 Å². The third kappa shape index (κ3) is 2.60. The number of benzene rings is 2. The van der Waals surface area contributed by atoms with E-state index in [0.717, 1.165) is 5.75 Å². The third-order valence-electron chi connectivity index (χ3n) is 3.12. The van der Waals surface area contributed by atoms with Crippen molar-refractivity contribution in [3.63, 3.8) is 0 Å². The average molecular weight is 253 g/mol. The first-order valence-corrected chi connectivity index (χ1v) is 6.32. The number of para-hydroxylation sites is 1. The van der Waals surface area contributed by atoms with Gasteiger partial charge in [-0.25, -0.2) is 4.99 Å². The average Bonchev–Trinajstić information content (AvgIpc) is 2.89. The maximum atomic E-state index is 5.59. The highest BCUT2D eigenvalue weighted by atomic mass is 16.7. The van der Waals surface area contributed by atoms with Crippen LogP contribution >= 0.6 is 0 Å². The van der Waals surface area contributed by atoms with Gasteiger partial charge in [-0.1, -0.05) is 42.5 Å². The Morgan fingerprint density at radius 2 is 1.79 bits per heavy atom. The van der Waals surface area contributed by atoms with Crippen LogP contribution in [0.1, 0.15) is 17.2 Å². The van der Waals surface area contributed by atoms with Gasteiger partial charge in [0.15, 0.2) is 0 Å². The summed E-state index contributed by atoms with van der Waals surface area (Å²) < 4.78 is 11.1. The summed E-state index contributed by atoms with van der Waals surface area (Å²) in [5.41, 5.74) is 2.41. The molecule has 0 aromatic heterocycles.